The molecule has 3 aromatic rings. The minimum atomic E-state index is 0.738. The molecule has 0 radical (unpaired) electrons. The van der Waals surface area contributed by atoms with Crippen molar-refractivity contribution >= 4 is 22.4 Å². The summed E-state index contributed by atoms with van der Waals surface area (Å²) >= 11 is 6.23. The van der Waals surface area contributed by atoms with Crippen LogP contribution in [0.5, 0.6) is 11.5 Å². The van der Waals surface area contributed by atoms with E-state index in [2.05, 4.69) is 11.4 Å². The number of hydrogen-bond acceptors (Lipinski definition) is 2. The standard InChI is InChI=1S/C18H16ClNO/c1-20-12-13-5-4-6-14(11-13)21-18-10-9-17(19)15-7-2-3-8-16(15)18/h2-11,20H,12H2,1H3. The normalized spacial score (nSPS) is 10.8. The molecular weight excluding hydrogens is 282 g/mol. The molecule has 0 spiro atoms. The Labute approximate surface area is 129 Å². The third kappa shape index (κ3) is 3.02. The second-order valence-electron chi connectivity index (χ2n) is 4.87. The van der Waals surface area contributed by atoms with E-state index in [0.717, 1.165) is 33.8 Å². The zero-order chi connectivity index (χ0) is 14.7. The molecule has 21 heavy (non-hydrogen) atoms. The fourth-order valence-corrected chi connectivity index (χ4v) is 2.60. The van der Waals surface area contributed by atoms with Gasteiger partial charge in [-0.05, 0) is 36.9 Å². The Morgan fingerprint density at radius 3 is 2.57 bits per heavy atom. The minimum absolute atomic E-state index is 0.738. The van der Waals surface area contributed by atoms with E-state index in [9.17, 15) is 0 Å². The van der Waals surface area contributed by atoms with Crippen molar-refractivity contribution in [2.45, 2.75) is 6.54 Å². The molecule has 0 aromatic heterocycles. The second-order valence-corrected chi connectivity index (χ2v) is 5.28. The highest BCUT2D eigenvalue weighted by atomic mass is 35.5. The van der Waals surface area contributed by atoms with Crippen LogP contribution in [0, 0.1) is 0 Å². The van der Waals surface area contributed by atoms with Crippen molar-refractivity contribution in [3.05, 3.63) is 71.2 Å². The maximum absolute atomic E-state index is 6.23. The summed E-state index contributed by atoms with van der Waals surface area (Å²) in [6.07, 6.45) is 0. The Kier molecular flexibility index (Phi) is 4.09. The molecule has 0 atom stereocenters. The van der Waals surface area contributed by atoms with Gasteiger partial charge < -0.3 is 10.1 Å². The molecule has 0 heterocycles. The quantitative estimate of drug-likeness (QED) is 0.731. The van der Waals surface area contributed by atoms with Gasteiger partial charge in [-0.1, -0.05) is 48.0 Å². The first-order chi connectivity index (χ1) is 10.3. The van der Waals surface area contributed by atoms with Crippen LogP contribution in [0.4, 0.5) is 0 Å². The van der Waals surface area contributed by atoms with E-state index in [1.165, 1.54) is 5.56 Å². The van der Waals surface area contributed by atoms with Gasteiger partial charge in [0.05, 0.1) is 0 Å². The Morgan fingerprint density at radius 2 is 1.76 bits per heavy atom. The van der Waals surface area contributed by atoms with Crippen LogP contribution in [-0.4, -0.2) is 7.05 Å². The zero-order valence-electron chi connectivity index (χ0n) is 11.8. The van der Waals surface area contributed by atoms with Crippen molar-refractivity contribution < 1.29 is 4.74 Å². The van der Waals surface area contributed by atoms with E-state index in [-0.39, 0.29) is 0 Å². The summed E-state index contributed by atoms with van der Waals surface area (Å²) in [7, 11) is 1.93. The predicted octanol–water partition coefficient (Wildman–Crippen LogP) is 5.00. The van der Waals surface area contributed by atoms with Gasteiger partial charge in [0.1, 0.15) is 11.5 Å². The van der Waals surface area contributed by atoms with E-state index >= 15 is 0 Å². The van der Waals surface area contributed by atoms with E-state index in [4.69, 9.17) is 16.3 Å². The monoisotopic (exact) mass is 297 g/mol. The number of fused-ring (bicyclic) bond motifs is 1. The van der Waals surface area contributed by atoms with Gasteiger partial charge in [0.25, 0.3) is 0 Å². The molecule has 106 valence electrons. The summed E-state index contributed by atoms with van der Waals surface area (Å²) in [5.41, 5.74) is 1.19. The molecule has 2 nitrogen and oxygen atoms in total. The molecule has 0 aliphatic carbocycles. The van der Waals surface area contributed by atoms with Crippen LogP contribution in [0.25, 0.3) is 10.8 Å². The van der Waals surface area contributed by atoms with Gasteiger partial charge in [0.15, 0.2) is 0 Å². The summed E-state index contributed by atoms with van der Waals surface area (Å²) in [5, 5.41) is 5.90. The Hall–Kier alpha value is -2.03. The van der Waals surface area contributed by atoms with Crippen molar-refractivity contribution in [3.63, 3.8) is 0 Å². The predicted molar refractivity (Wildman–Crippen MR) is 88.2 cm³/mol. The highest BCUT2D eigenvalue weighted by Crippen LogP contribution is 2.34. The molecule has 0 saturated heterocycles. The maximum Gasteiger partial charge on any atom is 0.135 e. The van der Waals surface area contributed by atoms with E-state index in [1.807, 2.05) is 61.6 Å². The second kappa shape index (κ2) is 6.17. The molecule has 0 fully saturated rings. The fourth-order valence-electron chi connectivity index (χ4n) is 2.37. The number of halogens is 1. The highest BCUT2D eigenvalue weighted by Gasteiger charge is 2.06. The molecule has 3 rings (SSSR count). The number of hydrogen-bond donors (Lipinski definition) is 1. The lowest BCUT2D eigenvalue weighted by atomic mass is 10.1. The van der Waals surface area contributed by atoms with E-state index < -0.39 is 0 Å². The van der Waals surface area contributed by atoms with E-state index in [0.29, 0.717) is 0 Å². The SMILES string of the molecule is CNCc1cccc(Oc2ccc(Cl)c3ccccc23)c1. The lowest BCUT2D eigenvalue weighted by molar-refractivity contribution is 0.487. The summed E-state index contributed by atoms with van der Waals surface area (Å²) in [6, 6.07) is 19.8. The van der Waals surface area contributed by atoms with Crippen molar-refractivity contribution in [1.82, 2.24) is 5.32 Å². The first kappa shape index (κ1) is 13.9. The van der Waals surface area contributed by atoms with Crippen LogP contribution in [0.2, 0.25) is 5.02 Å². The molecule has 0 unspecified atom stereocenters. The Bertz CT molecular complexity index is 770. The van der Waals surface area contributed by atoms with Crippen molar-refractivity contribution in [2.24, 2.45) is 0 Å². The van der Waals surface area contributed by atoms with Gasteiger partial charge in [0.2, 0.25) is 0 Å². The molecule has 0 aliphatic rings. The average molecular weight is 298 g/mol. The summed E-state index contributed by atoms with van der Waals surface area (Å²) in [4.78, 5) is 0. The van der Waals surface area contributed by atoms with Crippen molar-refractivity contribution in [1.29, 1.82) is 0 Å². The summed E-state index contributed by atoms with van der Waals surface area (Å²) in [5.74, 6) is 1.65. The molecule has 3 heteroatoms. The summed E-state index contributed by atoms with van der Waals surface area (Å²) in [6.45, 7) is 0.818. The first-order valence-corrected chi connectivity index (χ1v) is 7.24. The molecule has 0 aliphatic heterocycles. The molecule has 0 saturated carbocycles. The Balaban J connectivity index is 1.98. The number of benzene rings is 3. The van der Waals surface area contributed by atoms with Crippen LogP contribution in [0.15, 0.2) is 60.7 Å². The van der Waals surface area contributed by atoms with Crippen LogP contribution in [-0.2, 0) is 6.54 Å². The summed E-state index contributed by atoms with van der Waals surface area (Å²) < 4.78 is 6.05. The number of nitrogens with one attached hydrogen (secondary N) is 1. The van der Waals surface area contributed by atoms with Crippen LogP contribution < -0.4 is 10.1 Å². The van der Waals surface area contributed by atoms with Gasteiger partial charge in [-0.2, -0.15) is 0 Å². The molecule has 0 bridgehead atoms. The van der Waals surface area contributed by atoms with Gasteiger partial charge in [-0.15, -0.1) is 0 Å². The Morgan fingerprint density at radius 1 is 0.952 bits per heavy atom. The van der Waals surface area contributed by atoms with Gasteiger partial charge in [-0.3, -0.25) is 0 Å². The number of rotatable bonds is 4. The maximum atomic E-state index is 6.23. The molecular formula is C18H16ClNO. The zero-order valence-corrected chi connectivity index (χ0v) is 12.5. The lowest BCUT2D eigenvalue weighted by Gasteiger charge is -2.11. The van der Waals surface area contributed by atoms with Crippen molar-refractivity contribution in [2.75, 3.05) is 7.05 Å². The van der Waals surface area contributed by atoms with Crippen LogP contribution >= 0.6 is 11.6 Å². The lowest BCUT2D eigenvalue weighted by Crippen LogP contribution is -2.04. The largest absolute Gasteiger partial charge is 0.457 e. The van der Waals surface area contributed by atoms with Gasteiger partial charge >= 0.3 is 0 Å². The highest BCUT2D eigenvalue weighted by molar-refractivity contribution is 6.35. The topological polar surface area (TPSA) is 21.3 Å². The third-order valence-electron chi connectivity index (χ3n) is 3.34. The fraction of sp³-hybridized carbons (Fsp3) is 0.111. The third-order valence-corrected chi connectivity index (χ3v) is 3.67. The van der Waals surface area contributed by atoms with E-state index in [1.54, 1.807) is 0 Å². The molecule has 0 amide bonds. The van der Waals surface area contributed by atoms with Crippen LogP contribution in [0.3, 0.4) is 0 Å². The first-order valence-electron chi connectivity index (χ1n) is 6.86. The minimum Gasteiger partial charge on any atom is -0.457 e. The molecule has 1 N–H and O–H groups in total. The van der Waals surface area contributed by atoms with Crippen LogP contribution in [0.1, 0.15) is 5.56 Å². The molecule has 3 aromatic carbocycles. The smallest absolute Gasteiger partial charge is 0.135 e. The van der Waals surface area contributed by atoms with Gasteiger partial charge in [-0.25, -0.2) is 0 Å². The van der Waals surface area contributed by atoms with Crippen molar-refractivity contribution in [3.8, 4) is 11.5 Å². The number of ether oxygens (including phenoxy) is 1. The average Bonchev–Trinajstić information content (AvgIpc) is 2.51. The van der Waals surface area contributed by atoms with Gasteiger partial charge in [0, 0.05) is 22.3 Å².